The van der Waals surface area contributed by atoms with Crippen LogP contribution in [0.2, 0.25) is 0 Å². The summed E-state index contributed by atoms with van der Waals surface area (Å²) in [5.74, 6) is 2.33. The number of hydrazone groups is 1. The van der Waals surface area contributed by atoms with Crippen LogP contribution in [0, 0.1) is 6.92 Å². The first-order chi connectivity index (χ1) is 13.2. The number of morpholine rings is 1. The zero-order chi connectivity index (χ0) is 19.1. The molecule has 1 fully saturated rings. The second kappa shape index (κ2) is 9.32. The van der Waals surface area contributed by atoms with Gasteiger partial charge < -0.3 is 14.5 Å². The maximum atomic E-state index is 5.41. The fraction of sp³-hybridized carbons (Fsp3) is 0.450. The molecular formula is C20H28N6O. The van der Waals surface area contributed by atoms with Crippen LogP contribution in [0.1, 0.15) is 25.2 Å². The molecule has 1 aliphatic rings. The Hall–Kier alpha value is -2.67. The van der Waals surface area contributed by atoms with Crippen molar-refractivity contribution in [2.45, 2.75) is 20.8 Å². The highest BCUT2D eigenvalue weighted by atomic mass is 16.5. The van der Waals surface area contributed by atoms with E-state index in [-0.39, 0.29) is 0 Å². The quantitative estimate of drug-likeness (QED) is 0.599. The summed E-state index contributed by atoms with van der Waals surface area (Å²) in [5.41, 5.74) is 5.29. The first kappa shape index (κ1) is 19.1. The van der Waals surface area contributed by atoms with E-state index in [4.69, 9.17) is 4.74 Å². The molecule has 1 N–H and O–H groups in total. The van der Waals surface area contributed by atoms with Gasteiger partial charge in [0.05, 0.1) is 19.4 Å². The molecule has 0 unspecified atom stereocenters. The lowest BCUT2D eigenvalue weighted by Crippen LogP contribution is -2.36. The average Bonchev–Trinajstić information content (AvgIpc) is 2.70. The summed E-state index contributed by atoms with van der Waals surface area (Å²) in [7, 11) is 0. The molecule has 2 heterocycles. The summed E-state index contributed by atoms with van der Waals surface area (Å²) in [6.07, 6.45) is 1.80. The van der Waals surface area contributed by atoms with Crippen LogP contribution in [0.3, 0.4) is 0 Å². The summed E-state index contributed by atoms with van der Waals surface area (Å²) in [4.78, 5) is 13.5. The van der Waals surface area contributed by atoms with E-state index < -0.39 is 0 Å². The molecule has 7 heteroatoms. The van der Waals surface area contributed by atoms with Gasteiger partial charge in [-0.25, -0.2) is 9.97 Å². The van der Waals surface area contributed by atoms with Gasteiger partial charge in [-0.2, -0.15) is 5.10 Å². The molecule has 7 nitrogen and oxygen atoms in total. The Kier molecular flexibility index (Phi) is 6.59. The molecule has 0 saturated carbocycles. The summed E-state index contributed by atoms with van der Waals surface area (Å²) in [6.45, 7) is 11.4. The number of anilines is 3. The van der Waals surface area contributed by atoms with Gasteiger partial charge in [0, 0.05) is 37.9 Å². The highest BCUT2D eigenvalue weighted by Gasteiger charge is 2.13. The van der Waals surface area contributed by atoms with E-state index in [9.17, 15) is 0 Å². The van der Waals surface area contributed by atoms with Crippen LogP contribution < -0.4 is 15.2 Å². The summed E-state index contributed by atoms with van der Waals surface area (Å²) >= 11 is 0. The first-order valence-corrected chi connectivity index (χ1v) is 9.52. The molecule has 0 atom stereocenters. The molecule has 0 spiro atoms. The molecule has 0 amide bonds. The van der Waals surface area contributed by atoms with Crippen LogP contribution in [-0.4, -0.2) is 55.6 Å². The van der Waals surface area contributed by atoms with Gasteiger partial charge in [0.2, 0.25) is 0 Å². The lowest BCUT2D eigenvalue weighted by Gasteiger charge is -2.28. The lowest BCUT2D eigenvalue weighted by molar-refractivity contribution is 0.122. The van der Waals surface area contributed by atoms with Gasteiger partial charge in [0.15, 0.2) is 5.82 Å². The van der Waals surface area contributed by atoms with Gasteiger partial charge in [-0.3, -0.25) is 5.43 Å². The number of ether oxygens (including phenoxy) is 1. The van der Waals surface area contributed by atoms with Crippen LogP contribution >= 0.6 is 0 Å². The zero-order valence-corrected chi connectivity index (χ0v) is 16.4. The number of hydrogen-bond acceptors (Lipinski definition) is 7. The highest BCUT2D eigenvalue weighted by Crippen LogP contribution is 2.17. The molecule has 144 valence electrons. The standard InChI is InChI=1S/C20H28N6O/c1-4-25(5-2)18-8-6-17(7-9-18)15-21-24-19-14-20(23-16(3)22-19)26-10-12-27-13-11-26/h6-9,14-15H,4-5,10-13H2,1-3H3,(H,22,23,24)/b21-15-. The van der Waals surface area contributed by atoms with Crippen molar-refractivity contribution in [1.82, 2.24) is 9.97 Å². The van der Waals surface area contributed by atoms with Crippen LogP contribution in [0.15, 0.2) is 35.4 Å². The van der Waals surface area contributed by atoms with Crippen LogP contribution in [0.5, 0.6) is 0 Å². The normalized spacial score (nSPS) is 14.6. The van der Waals surface area contributed by atoms with Crippen molar-refractivity contribution in [3.05, 3.63) is 41.7 Å². The average molecular weight is 368 g/mol. The van der Waals surface area contributed by atoms with E-state index in [1.165, 1.54) is 5.69 Å². The number of nitrogens with zero attached hydrogens (tertiary/aromatic N) is 5. The molecule has 3 rings (SSSR count). The second-order valence-corrected chi connectivity index (χ2v) is 6.39. The van der Waals surface area contributed by atoms with Crippen LogP contribution in [-0.2, 0) is 4.74 Å². The number of rotatable bonds is 7. The maximum Gasteiger partial charge on any atom is 0.152 e. The van der Waals surface area contributed by atoms with Gasteiger partial charge in [-0.1, -0.05) is 12.1 Å². The predicted octanol–water partition coefficient (Wildman–Crippen LogP) is 2.91. The topological polar surface area (TPSA) is 65.9 Å². The monoisotopic (exact) mass is 368 g/mol. The molecule has 0 radical (unpaired) electrons. The summed E-state index contributed by atoms with van der Waals surface area (Å²) in [5, 5.41) is 4.33. The maximum absolute atomic E-state index is 5.41. The van der Waals surface area contributed by atoms with Crippen molar-refractivity contribution in [2.24, 2.45) is 5.10 Å². The van der Waals surface area contributed by atoms with Crippen LogP contribution in [0.4, 0.5) is 17.3 Å². The molecule has 27 heavy (non-hydrogen) atoms. The minimum absolute atomic E-state index is 0.694. The number of benzene rings is 1. The van der Waals surface area contributed by atoms with Gasteiger partial charge in [-0.15, -0.1) is 0 Å². The lowest BCUT2D eigenvalue weighted by atomic mass is 10.2. The molecule has 0 aliphatic carbocycles. The van der Waals surface area contributed by atoms with E-state index in [1.54, 1.807) is 6.21 Å². The van der Waals surface area contributed by atoms with E-state index in [0.29, 0.717) is 5.82 Å². The first-order valence-electron chi connectivity index (χ1n) is 9.52. The Morgan fingerprint density at radius 3 is 2.52 bits per heavy atom. The molecule has 1 aliphatic heterocycles. The van der Waals surface area contributed by atoms with Crippen molar-refractivity contribution >= 4 is 23.5 Å². The van der Waals surface area contributed by atoms with Gasteiger partial charge in [-0.05, 0) is 38.5 Å². The zero-order valence-electron chi connectivity index (χ0n) is 16.4. The van der Waals surface area contributed by atoms with Crippen LogP contribution in [0.25, 0.3) is 0 Å². The molecule has 1 aromatic carbocycles. The third kappa shape index (κ3) is 5.17. The van der Waals surface area contributed by atoms with Crippen molar-refractivity contribution in [3.8, 4) is 0 Å². The van der Waals surface area contributed by atoms with E-state index in [0.717, 1.165) is 56.6 Å². The van der Waals surface area contributed by atoms with Crippen molar-refractivity contribution in [1.29, 1.82) is 0 Å². The minimum Gasteiger partial charge on any atom is -0.378 e. The largest absolute Gasteiger partial charge is 0.378 e. The van der Waals surface area contributed by atoms with Crippen molar-refractivity contribution in [3.63, 3.8) is 0 Å². The molecular weight excluding hydrogens is 340 g/mol. The van der Waals surface area contributed by atoms with Gasteiger partial charge in [0.25, 0.3) is 0 Å². The van der Waals surface area contributed by atoms with Crippen molar-refractivity contribution < 1.29 is 4.74 Å². The number of aryl methyl sites for hydroxylation is 1. The second-order valence-electron chi connectivity index (χ2n) is 6.39. The molecule has 1 aromatic heterocycles. The minimum atomic E-state index is 0.694. The fourth-order valence-corrected chi connectivity index (χ4v) is 3.10. The highest BCUT2D eigenvalue weighted by molar-refractivity contribution is 5.80. The Bertz CT molecular complexity index is 752. The Labute approximate surface area is 161 Å². The third-order valence-electron chi connectivity index (χ3n) is 4.57. The van der Waals surface area contributed by atoms with E-state index in [1.807, 2.05) is 13.0 Å². The molecule has 2 aromatic rings. The Morgan fingerprint density at radius 1 is 1.15 bits per heavy atom. The predicted molar refractivity (Wildman–Crippen MR) is 111 cm³/mol. The van der Waals surface area contributed by atoms with Gasteiger partial charge >= 0.3 is 0 Å². The summed E-state index contributed by atoms with van der Waals surface area (Å²) < 4.78 is 5.41. The molecule has 1 saturated heterocycles. The smallest absolute Gasteiger partial charge is 0.152 e. The third-order valence-corrected chi connectivity index (χ3v) is 4.57. The van der Waals surface area contributed by atoms with Crippen molar-refractivity contribution in [2.75, 3.05) is 54.6 Å². The number of aromatic nitrogens is 2. The van der Waals surface area contributed by atoms with E-state index >= 15 is 0 Å². The van der Waals surface area contributed by atoms with E-state index in [2.05, 4.69) is 68.4 Å². The fourth-order valence-electron chi connectivity index (χ4n) is 3.10. The number of hydrogen-bond donors (Lipinski definition) is 1. The Balaban J connectivity index is 1.64. The summed E-state index contributed by atoms with van der Waals surface area (Å²) in [6, 6.07) is 10.3. The molecule has 0 bridgehead atoms. The number of nitrogens with one attached hydrogen (secondary N) is 1. The van der Waals surface area contributed by atoms with Gasteiger partial charge in [0.1, 0.15) is 11.6 Å². The Morgan fingerprint density at radius 2 is 1.85 bits per heavy atom. The SMILES string of the molecule is CCN(CC)c1ccc(/C=N\Nc2cc(N3CCOCC3)nc(C)n2)cc1.